The zero-order valence-electron chi connectivity index (χ0n) is 11.9. The Labute approximate surface area is 122 Å². The van der Waals surface area contributed by atoms with Crippen LogP contribution in [0, 0.1) is 13.8 Å². The van der Waals surface area contributed by atoms with E-state index in [0.29, 0.717) is 0 Å². The summed E-state index contributed by atoms with van der Waals surface area (Å²) in [6.45, 7) is 7.14. The first-order valence-electron chi connectivity index (χ1n) is 6.73. The normalized spacial score (nSPS) is 12.9. The molecule has 0 saturated heterocycles. The van der Waals surface area contributed by atoms with Crippen molar-refractivity contribution in [1.82, 2.24) is 19.9 Å². The molecule has 0 fully saturated rings. The van der Waals surface area contributed by atoms with Crippen LogP contribution in [0.25, 0.3) is 5.65 Å². The van der Waals surface area contributed by atoms with Crippen molar-refractivity contribution in [3.63, 3.8) is 0 Å². The maximum absolute atomic E-state index is 4.49. The van der Waals surface area contributed by atoms with Crippen LogP contribution in [0.15, 0.2) is 29.8 Å². The zero-order valence-corrected chi connectivity index (χ0v) is 12.7. The predicted octanol–water partition coefficient (Wildman–Crippen LogP) is 3.26. The number of nitrogens with zero attached hydrogens (tertiary/aromatic N) is 3. The molecule has 0 aliphatic carbocycles. The molecule has 1 unspecified atom stereocenters. The Balaban J connectivity index is 1.83. The smallest absolute Gasteiger partial charge is 0.155 e. The molecule has 3 heterocycles. The molecule has 1 N–H and O–H groups in total. The summed E-state index contributed by atoms with van der Waals surface area (Å²) in [5, 5.41) is 10.1. The number of aryl methyl sites for hydroxylation is 2. The maximum Gasteiger partial charge on any atom is 0.155 e. The van der Waals surface area contributed by atoms with Gasteiger partial charge in [-0.25, -0.2) is 9.50 Å². The van der Waals surface area contributed by atoms with E-state index < -0.39 is 0 Å². The van der Waals surface area contributed by atoms with E-state index in [-0.39, 0.29) is 6.04 Å². The fraction of sp³-hybridized carbons (Fsp3) is 0.333. The molecule has 0 aliphatic rings. The van der Waals surface area contributed by atoms with Crippen LogP contribution in [0.4, 0.5) is 0 Å². The molecule has 0 radical (unpaired) electrons. The van der Waals surface area contributed by atoms with Crippen LogP contribution in [0.3, 0.4) is 0 Å². The molecular weight excluding hydrogens is 268 g/mol. The van der Waals surface area contributed by atoms with Gasteiger partial charge in [-0.15, -0.1) is 11.3 Å². The van der Waals surface area contributed by atoms with Crippen LogP contribution in [0.2, 0.25) is 0 Å². The summed E-state index contributed by atoms with van der Waals surface area (Å²) in [7, 11) is 0. The molecule has 20 heavy (non-hydrogen) atoms. The summed E-state index contributed by atoms with van der Waals surface area (Å²) >= 11 is 1.77. The number of hydrogen-bond acceptors (Lipinski definition) is 4. The summed E-state index contributed by atoms with van der Waals surface area (Å²) in [4.78, 5) is 5.84. The molecule has 0 spiro atoms. The molecular formula is C15H18N4S. The first-order chi connectivity index (χ1) is 9.65. The monoisotopic (exact) mass is 286 g/mol. The van der Waals surface area contributed by atoms with Crippen molar-refractivity contribution in [3.8, 4) is 0 Å². The van der Waals surface area contributed by atoms with E-state index in [0.717, 1.165) is 23.6 Å². The summed E-state index contributed by atoms with van der Waals surface area (Å²) in [6.07, 6.45) is 1.96. The molecule has 1 atom stereocenters. The predicted molar refractivity (Wildman–Crippen MR) is 82.0 cm³/mol. The van der Waals surface area contributed by atoms with Crippen molar-refractivity contribution in [2.45, 2.75) is 33.4 Å². The van der Waals surface area contributed by atoms with Crippen LogP contribution >= 0.6 is 11.3 Å². The number of hydrogen-bond donors (Lipinski definition) is 1. The van der Waals surface area contributed by atoms with Gasteiger partial charge in [0.2, 0.25) is 0 Å². The highest BCUT2D eigenvalue weighted by Crippen LogP contribution is 2.19. The fourth-order valence-corrected chi connectivity index (χ4v) is 3.03. The van der Waals surface area contributed by atoms with E-state index in [1.54, 1.807) is 11.3 Å². The van der Waals surface area contributed by atoms with Crippen LogP contribution in [0.1, 0.15) is 34.8 Å². The Morgan fingerprint density at radius 2 is 2.25 bits per heavy atom. The summed E-state index contributed by atoms with van der Waals surface area (Å²) < 4.78 is 1.92. The highest BCUT2D eigenvalue weighted by molar-refractivity contribution is 7.09. The van der Waals surface area contributed by atoms with Crippen molar-refractivity contribution in [2.24, 2.45) is 0 Å². The minimum atomic E-state index is 0.249. The van der Waals surface area contributed by atoms with Crippen molar-refractivity contribution in [1.29, 1.82) is 0 Å². The zero-order chi connectivity index (χ0) is 14.1. The first kappa shape index (κ1) is 13.3. The van der Waals surface area contributed by atoms with E-state index in [9.17, 15) is 0 Å². The Hall–Kier alpha value is -1.72. The van der Waals surface area contributed by atoms with Gasteiger partial charge in [0.1, 0.15) is 0 Å². The number of aromatic nitrogens is 3. The summed E-state index contributed by atoms with van der Waals surface area (Å²) in [5.74, 6) is 0. The second-order valence-electron chi connectivity index (χ2n) is 5.04. The Bertz CT molecular complexity index is 715. The summed E-state index contributed by atoms with van der Waals surface area (Å²) in [5.41, 5.74) is 4.25. The maximum atomic E-state index is 4.49. The summed E-state index contributed by atoms with van der Waals surface area (Å²) in [6, 6.07) is 6.48. The molecule has 104 valence electrons. The van der Waals surface area contributed by atoms with Crippen LogP contribution in [-0.4, -0.2) is 14.6 Å². The SMILES string of the molecule is Cc1cc2ncc(C(C)NCc3cccs3)c(C)n2n1. The lowest BCUT2D eigenvalue weighted by molar-refractivity contribution is 0.569. The third-order valence-electron chi connectivity index (χ3n) is 3.51. The molecule has 4 nitrogen and oxygen atoms in total. The van der Waals surface area contributed by atoms with Crippen LogP contribution in [0.5, 0.6) is 0 Å². The Morgan fingerprint density at radius 3 is 3.00 bits per heavy atom. The van der Waals surface area contributed by atoms with Gasteiger partial charge >= 0.3 is 0 Å². The first-order valence-corrected chi connectivity index (χ1v) is 7.61. The molecule has 0 bridgehead atoms. The van der Waals surface area contributed by atoms with Gasteiger partial charge in [-0.2, -0.15) is 5.10 Å². The standard InChI is InChI=1S/C15H18N4S/c1-10-7-15-17-9-14(12(3)19(15)18-10)11(2)16-8-13-5-4-6-20-13/h4-7,9,11,16H,8H2,1-3H3. The van der Waals surface area contributed by atoms with Crippen molar-refractivity contribution in [3.05, 3.63) is 51.6 Å². The van der Waals surface area contributed by atoms with Crippen molar-refractivity contribution >= 4 is 17.0 Å². The minimum absolute atomic E-state index is 0.249. The van der Waals surface area contributed by atoms with E-state index in [4.69, 9.17) is 0 Å². The van der Waals surface area contributed by atoms with E-state index in [1.165, 1.54) is 10.4 Å². The molecule has 5 heteroatoms. The second kappa shape index (κ2) is 5.34. The molecule has 0 amide bonds. The van der Waals surface area contributed by atoms with Gasteiger partial charge in [-0.3, -0.25) is 0 Å². The van der Waals surface area contributed by atoms with Crippen molar-refractivity contribution < 1.29 is 0 Å². The molecule has 0 aromatic carbocycles. The average Bonchev–Trinajstić information content (AvgIpc) is 3.05. The van der Waals surface area contributed by atoms with Gasteiger partial charge in [-0.1, -0.05) is 6.07 Å². The molecule has 3 rings (SSSR count). The second-order valence-corrected chi connectivity index (χ2v) is 6.07. The number of fused-ring (bicyclic) bond motifs is 1. The average molecular weight is 286 g/mol. The molecule has 0 saturated carbocycles. The molecule has 0 aliphatic heterocycles. The van der Waals surface area contributed by atoms with Gasteiger partial charge in [0.05, 0.1) is 5.69 Å². The minimum Gasteiger partial charge on any atom is -0.305 e. The molecule has 3 aromatic heterocycles. The van der Waals surface area contributed by atoms with Crippen LogP contribution in [-0.2, 0) is 6.54 Å². The quantitative estimate of drug-likeness (QED) is 0.800. The Kier molecular flexibility index (Phi) is 3.54. The number of thiophene rings is 1. The number of rotatable bonds is 4. The van der Waals surface area contributed by atoms with Crippen molar-refractivity contribution in [2.75, 3.05) is 0 Å². The third kappa shape index (κ3) is 2.46. The fourth-order valence-electron chi connectivity index (χ4n) is 2.38. The lowest BCUT2D eigenvalue weighted by Crippen LogP contribution is -2.19. The lowest BCUT2D eigenvalue weighted by Gasteiger charge is -2.16. The number of nitrogens with one attached hydrogen (secondary N) is 1. The van der Waals surface area contributed by atoms with Gasteiger partial charge in [0.15, 0.2) is 5.65 Å². The lowest BCUT2D eigenvalue weighted by atomic mass is 10.1. The highest BCUT2D eigenvalue weighted by Gasteiger charge is 2.12. The van der Waals surface area contributed by atoms with E-state index >= 15 is 0 Å². The van der Waals surface area contributed by atoms with E-state index in [1.807, 2.05) is 23.7 Å². The van der Waals surface area contributed by atoms with Gasteiger partial charge in [0.25, 0.3) is 0 Å². The van der Waals surface area contributed by atoms with Gasteiger partial charge in [0, 0.05) is 41.0 Å². The van der Waals surface area contributed by atoms with Gasteiger partial charge < -0.3 is 5.32 Å². The molecule has 3 aromatic rings. The highest BCUT2D eigenvalue weighted by atomic mass is 32.1. The topological polar surface area (TPSA) is 42.2 Å². The van der Waals surface area contributed by atoms with Gasteiger partial charge in [-0.05, 0) is 32.2 Å². The van der Waals surface area contributed by atoms with Crippen LogP contribution < -0.4 is 5.32 Å². The largest absolute Gasteiger partial charge is 0.305 e. The van der Waals surface area contributed by atoms with E-state index in [2.05, 4.69) is 46.8 Å². The third-order valence-corrected chi connectivity index (χ3v) is 4.39. The Morgan fingerprint density at radius 1 is 1.40 bits per heavy atom.